The molecule has 0 radical (unpaired) electrons. The maximum Gasteiger partial charge on any atom is 0.358 e. The molecule has 0 aliphatic rings. The SMILES string of the molecule is COCc1c(C(=O)O)nnn1-c1cc(Cl)c(OC)cc1OC. The Morgan fingerprint density at radius 3 is 2.50 bits per heavy atom. The van der Waals surface area contributed by atoms with E-state index < -0.39 is 5.97 Å². The third-order valence-corrected chi connectivity index (χ3v) is 3.22. The maximum absolute atomic E-state index is 11.2. The van der Waals surface area contributed by atoms with Gasteiger partial charge in [-0.25, -0.2) is 9.48 Å². The number of carbonyl (C=O) groups is 1. The number of nitrogens with zero attached hydrogens (tertiary/aromatic N) is 3. The first kappa shape index (κ1) is 16.1. The first-order chi connectivity index (χ1) is 10.5. The van der Waals surface area contributed by atoms with E-state index in [2.05, 4.69) is 10.3 Å². The summed E-state index contributed by atoms with van der Waals surface area (Å²) in [6, 6.07) is 3.13. The summed E-state index contributed by atoms with van der Waals surface area (Å²) in [5, 5.41) is 17.0. The average molecular weight is 328 g/mol. The maximum atomic E-state index is 11.2. The van der Waals surface area contributed by atoms with Gasteiger partial charge in [0.2, 0.25) is 0 Å². The summed E-state index contributed by atoms with van der Waals surface area (Å²) < 4.78 is 16.7. The topological polar surface area (TPSA) is 95.7 Å². The van der Waals surface area contributed by atoms with Crippen LogP contribution in [-0.2, 0) is 11.3 Å². The Balaban J connectivity index is 2.65. The minimum absolute atomic E-state index is 0.0153. The fourth-order valence-corrected chi connectivity index (χ4v) is 2.17. The summed E-state index contributed by atoms with van der Waals surface area (Å²) in [7, 11) is 4.40. The molecule has 0 spiro atoms. The number of halogens is 1. The van der Waals surface area contributed by atoms with E-state index in [9.17, 15) is 4.79 Å². The van der Waals surface area contributed by atoms with Crippen molar-refractivity contribution in [2.45, 2.75) is 6.61 Å². The smallest absolute Gasteiger partial charge is 0.358 e. The number of rotatable bonds is 6. The summed E-state index contributed by atoms with van der Waals surface area (Å²) >= 11 is 6.12. The van der Waals surface area contributed by atoms with Crippen molar-refractivity contribution in [3.63, 3.8) is 0 Å². The number of methoxy groups -OCH3 is 3. The molecule has 118 valence electrons. The van der Waals surface area contributed by atoms with Gasteiger partial charge in [0, 0.05) is 13.2 Å². The number of ether oxygens (including phenoxy) is 3. The summed E-state index contributed by atoms with van der Waals surface area (Å²) in [5.41, 5.74) is 0.505. The van der Waals surface area contributed by atoms with E-state index in [4.69, 9.17) is 30.9 Å². The molecule has 0 atom stereocenters. The Bertz CT molecular complexity index is 701. The number of hydrogen-bond donors (Lipinski definition) is 1. The van der Waals surface area contributed by atoms with Crippen LogP contribution in [0.5, 0.6) is 11.5 Å². The van der Waals surface area contributed by atoms with E-state index in [-0.39, 0.29) is 18.0 Å². The molecule has 0 aliphatic heterocycles. The Morgan fingerprint density at radius 2 is 1.95 bits per heavy atom. The predicted molar refractivity (Wildman–Crippen MR) is 77.1 cm³/mol. The highest BCUT2D eigenvalue weighted by Gasteiger charge is 2.22. The summed E-state index contributed by atoms with van der Waals surface area (Å²) in [6.07, 6.45) is 0. The molecule has 0 saturated carbocycles. The second-order valence-electron chi connectivity index (χ2n) is 4.19. The van der Waals surface area contributed by atoms with Crippen molar-refractivity contribution in [1.29, 1.82) is 0 Å². The predicted octanol–water partition coefficient (Wildman–Crippen LogP) is 1.78. The molecule has 1 aromatic heterocycles. The largest absolute Gasteiger partial charge is 0.495 e. The van der Waals surface area contributed by atoms with Gasteiger partial charge >= 0.3 is 5.97 Å². The quantitative estimate of drug-likeness (QED) is 0.863. The van der Waals surface area contributed by atoms with Crippen molar-refractivity contribution in [1.82, 2.24) is 15.0 Å². The van der Waals surface area contributed by atoms with Crippen molar-refractivity contribution in [3.8, 4) is 17.2 Å². The molecule has 0 bridgehead atoms. The van der Waals surface area contributed by atoms with Gasteiger partial charge in [0.15, 0.2) is 5.69 Å². The van der Waals surface area contributed by atoms with Crippen LogP contribution in [-0.4, -0.2) is 47.4 Å². The van der Waals surface area contributed by atoms with E-state index in [1.165, 1.54) is 26.0 Å². The molecule has 0 fully saturated rings. The van der Waals surface area contributed by atoms with Crippen LogP contribution in [0.4, 0.5) is 0 Å². The summed E-state index contributed by atoms with van der Waals surface area (Å²) in [4.78, 5) is 11.2. The average Bonchev–Trinajstić information content (AvgIpc) is 2.91. The highest BCUT2D eigenvalue weighted by atomic mass is 35.5. The fourth-order valence-electron chi connectivity index (χ4n) is 1.94. The van der Waals surface area contributed by atoms with Crippen LogP contribution < -0.4 is 9.47 Å². The molecular weight excluding hydrogens is 314 g/mol. The Hall–Kier alpha value is -2.32. The molecule has 8 nitrogen and oxygen atoms in total. The first-order valence-corrected chi connectivity index (χ1v) is 6.50. The molecule has 0 unspecified atom stereocenters. The summed E-state index contributed by atoms with van der Waals surface area (Å²) in [5.74, 6) is -0.369. The van der Waals surface area contributed by atoms with Crippen LogP contribution in [0, 0.1) is 0 Å². The van der Waals surface area contributed by atoms with Gasteiger partial charge in [0.1, 0.15) is 22.9 Å². The van der Waals surface area contributed by atoms with E-state index in [0.29, 0.717) is 22.2 Å². The fraction of sp³-hybridized carbons (Fsp3) is 0.308. The molecule has 0 amide bonds. The Morgan fingerprint density at radius 1 is 1.27 bits per heavy atom. The summed E-state index contributed by atoms with van der Waals surface area (Å²) in [6.45, 7) is 0.0153. The molecular formula is C13H14ClN3O5. The lowest BCUT2D eigenvalue weighted by Crippen LogP contribution is -2.09. The second-order valence-corrected chi connectivity index (χ2v) is 4.60. The van der Waals surface area contributed by atoms with Crippen LogP contribution in [0.15, 0.2) is 12.1 Å². The highest BCUT2D eigenvalue weighted by Crippen LogP contribution is 2.35. The monoisotopic (exact) mass is 327 g/mol. The van der Waals surface area contributed by atoms with Crippen molar-refractivity contribution >= 4 is 17.6 Å². The van der Waals surface area contributed by atoms with Crippen molar-refractivity contribution in [2.75, 3.05) is 21.3 Å². The number of carboxylic acids is 1. The van der Waals surface area contributed by atoms with Crippen molar-refractivity contribution < 1.29 is 24.1 Å². The number of hydrogen-bond acceptors (Lipinski definition) is 6. The lowest BCUT2D eigenvalue weighted by molar-refractivity contribution is 0.0685. The lowest BCUT2D eigenvalue weighted by atomic mass is 10.2. The minimum atomic E-state index is -1.20. The Kier molecular flexibility index (Phi) is 4.84. The van der Waals surface area contributed by atoms with Crippen LogP contribution in [0.25, 0.3) is 5.69 Å². The zero-order chi connectivity index (χ0) is 16.3. The highest BCUT2D eigenvalue weighted by molar-refractivity contribution is 6.32. The van der Waals surface area contributed by atoms with E-state index in [0.717, 1.165) is 0 Å². The number of carboxylic acid groups (broad SMARTS) is 1. The van der Waals surface area contributed by atoms with E-state index in [1.54, 1.807) is 12.1 Å². The Labute approximate surface area is 131 Å². The van der Waals surface area contributed by atoms with Gasteiger partial charge in [-0.05, 0) is 6.07 Å². The molecule has 9 heteroatoms. The molecule has 0 saturated heterocycles. The minimum Gasteiger partial charge on any atom is -0.495 e. The normalized spacial score (nSPS) is 10.5. The van der Waals surface area contributed by atoms with Gasteiger partial charge in [-0.15, -0.1) is 5.10 Å². The molecule has 1 aromatic carbocycles. The van der Waals surface area contributed by atoms with Gasteiger partial charge < -0.3 is 19.3 Å². The second kappa shape index (κ2) is 6.63. The standard InChI is InChI=1S/C13H14ClN3O5/c1-20-6-9-12(13(18)19)15-16-17(9)8-4-7(14)10(21-2)5-11(8)22-3/h4-5H,6H2,1-3H3,(H,18,19). The molecule has 1 heterocycles. The molecule has 1 N–H and O–H groups in total. The van der Waals surface area contributed by atoms with Crippen LogP contribution in [0.1, 0.15) is 16.2 Å². The van der Waals surface area contributed by atoms with Crippen molar-refractivity contribution in [2.24, 2.45) is 0 Å². The van der Waals surface area contributed by atoms with Crippen LogP contribution in [0.3, 0.4) is 0 Å². The zero-order valence-corrected chi connectivity index (χ0v) is 12.9. The van der Waals surface area contributed by atoms with Gasteiger partial charge in [0.05, 0.1) is 25.8 Å². The third kappa shape index (κ3) is 2.83. The molecule has 2 aromatic rings. The molecule has 22 heavy (non-hydrogen) atoms. The van der Waals surface area contributed by atoms with Crippen LogP contribution in [0.2, 0.25) is 5.02 Å². The zero-order valence-electron chi connectivity index (χ0n) is 12.2. The number of aromatic carboxylic acids is 1. The molecule has 0 aliphatic carbocycles. The van der Waals surface area contributed by atoms with Gasteiger partial charge in [-0.1, -0.05) is 16.8 Å². The van der Waals surface area contributed by atoms with E-state index >= 15 is 0 Å². The number of benzene rings is 1. The number of aromatic nitrogens is 3. The first-order valence-electron chi connectivity index (χ1n) is 6.12. The van der Waals surface area contributed by atoms with Crippen LogP contribution >= 0.6 is 11.6 Å². The molecule has 2 rings (SSSR count). The lowest BCUT2D eigenvalue weighted by Gasteiger charge is -2.13. The van der Waals surface area contributed by atoms with Gasteiger partial charge in [-0.3, -0.25) is 0 Å². The third-order valence-electron chi connectivity index (χ3n) is 2.93. The van der Waals surface area contributed by atoms with Gasteiger partial charge in [0.25, 0.3) is 0 Å². The van der Waals surface area contributed by atoms with E-state index in [1.807, 2.05) is 0 Å². The van der Waals surface area contributed by atoms with Crippen molar-refractivity contribution in [3.05, 3.63) is 28.5 Å². The van der Waals surface area contributed by atoms with Gasteiger partial charge in [-0.2, -0.15) is 0 Å².